The summed E-state index contributed by atoms with van der Waals surface area (Å²) in [5.41, 5.74) is 1.16. The number of amides is 1. The Labute approximate surface area is 145 Å². The lowest BCUT2D eigenvalue weighted by atomic mass is 9.87. The second-order valence-electron chi connectivity index (χ2n) is 6.63. The van der Waals surface area contributed by atoms with Crippen molar-refractivity contribution in [2.45, 2.75) is 38.7 Å². The molecule has 1 aliphatic carbocycles. The molecule has 3 rings (SSSR count). The number of aliphatic hydroxyl groups excluding tert-OH is 1. The van der Waals surface area contributed by atoms with Crippen LogP contribution in [0.4, 0.5) is 4.39 Å². The zero-order valence-electron chi connectivity index (χ0n) is 14.1. The van der Waals surface area contributed by atoms with Gasteiger partial charge in [0.15, 0.2) is 11.4 Å². The number of nitrogens with one attached hydrogen (secondary N) is 1. The van der Waals surface area contributed by atoms with E-state index in [-0.39, 0.29) is 29.3 Å². The van der Waals surface area contributed by atoms with Gasteiger partial charge in [-0.15, -0.1) is 0 Å². The van der Waals surface area contributed by atoms with Crippen LogP contribution in [-0.4, -0.2) is 38.5 Å². The number of carbonyl (C=O) groups is 1. The molecule has 134 valence electrons. The van der Waals surface area contributed by atoms with Crippen LogP contribution in [0.5, 0.6) is 5.75 Å². The molecule has 0 radical (unpaired) electrons. The van der Waals surface area contributed by atoms with Gasteiger partial charge in [-0.25, -0.2) is 9.07 Å². The normalized spacial score (nSPS) is 20.4. The van der Waals surface area contributed by atoms with Gasteiger partial charge >= 0.3 is 0 Å². The summed E-state index contributed by atoms with van der Waals surface area (Å²) in [6.07, 6.45) is 4.43. The van der Waals surface area contributed by atoms with Gasteiger partial charge in [-0.1, -0.05) is 6.42 Å². The number of carbonyl (C=O) groups excluding carboxylic acids is 1. The molecule has 0 bridgehead atoms. The maximum atomic E-state index is 13.2. The van der Waals surface area contributed by atoms with Crippen LogP contribution in [0.2, 0.25) is 0 Å². The molecule has 2 aromatic rings. The van der Waals surface area contributed by atoms with Gasteiger partial charge in [0, 0.05) is 6.54 Å². The highest BCUT2D eigenvalue weighted by Gasteiger charge is 2.23. The molecule has 0 spiro atoms. The summed E-state index contributed by atoms with van der Waals surface area (Å²) in [6, 6.07) is 4.21. The lowest BCUT2D eigenvalue weighted by Crippen LogP contribution is -2.33. The first kappa shape index (κ1) is 17.4. The number of benzene rings is 1. The van der Waals surface area contributed by atoms with Crippen LogP contribution in [0.25, 0.3) is 5.69 Å². The van der Waals surface area contributed by atoms with Gasteiger partial charge in [0.1, 0.15) is 5.82 Å². The Balaban J connectivity index is 1.70. The van der Waals surface area contributed by atoms with E-state index in [1.165, 1.54) is 23.0 Å². The number of rotatable bonds is 4. The average molecular weight is 347 g/mol. The third kappa shape index (κ3) is 3.99. The van der Waals surface area contributed by atoms with Crippen molar-refractivity contribution in [3.8, 4) is 11.4 Å². The van der Waals surface area contributed by atoms with Gasteiger partial charge in [0.2, 0.25) is 0 Å². The Morgan fingerprint density at radius 3 is 2.96 bits per heavy atom. The molecule has 1 saturated carbocycles. The number of aromatic hydroxyl groups is 1. The topological polar surface area (TPSA) is 87.4 Å². The Kier molecular flexibility index (Phi) is 5.03. The Hall–Kier alpha value is -2.41. The third-order valence-corrected chi connectivity index (χ3v) is 4.62. The first-order valence-electron chi connectivity index (χ1n) is 8.45. The number of aryl methyl sites for hydroxylation is 1. The highest BCUT2D eigenvalue weighted by molar-refractivity contribution is 5.94. The van der Waals surface area contributed by atoms with Crippen LogP contribution in [0, 0.1) is 18.7 Å². The largest absolute Gasteiger partial charge is 0.504 e. The van der Waals surface area contributed by atoms with E-state index in [4.69, 9.17) is 0 Å². The molecule has 1 heterocycles. The molecule has 0 aliphatic heterocycles. The molecular formula is C18H22FN3O3. The van der Waals surface area contributed by atoms with Crippen molar-refractivity contribution >= 4 is 5.91 Å². The van der Waals surface area contributed by atoms with Crippen LogP contribution >= 0.6 is 0 Å². The van der Waals surface area contributed by atoms with Crippen molar-refractivity contribution in [3.05, 3.63) is 41.5 Å². The highest BCUT2D eigenvalue weighted by Crippen LogP contribution is 2.24. The maximum Gasteiger partial charge on any atom is 0.275 e. The molecule has 1 aromatic carbocycles. The maximum absolute atomic E-state index is 13.2. The molecule has 3 N–H and O–H groups in total. The molecule has 25 heavy (non-hydrogen) atoms. The molecule has 7 heteroatoms. The minimum Gasteiger partial charge on any atom is -0.504 e. The minimum atomic E-state index is -0.462. The summed E-state index contributed by atoms with van der Waals surface area (Å²) in [4.78, 5) is 12.3. The molecule has 2 unspecified atom stereocenters. The molecule has 6 nitrogen and oxygen atoms in total. The van der Waals surface area contributed by atoms with Crippen molar-refractivity contribution in [3.63, 3.8) is 0 Å². The van der Waals surface area contributed by atoms with Crippen LogP contribution < -0.4 is 5.32 Å². The van der Waals surface area contributed by atoms with Gasteiger partial charge in [-0.2, -0.15) is 5.10 Å². The van der Waals surface area contributed by atoms with E-state index in [0.29, 0.717) is 24.2 Å². The van der Waals surface area contributed by atoms with Crippen LogP contribution in [0.3, 0.4) is 0 Å². The van der Waals surface area contributed by atoms with Crippen molar-refractivity contribution in [2.75, 3.05) is 6.54 Å². The van der Waals surface area contributed by atoms with Gasteiger partial charge in [0.05, 0.1) is 18.0 Å². The summed E-state index contributed by atoms with van der Waals surface area (Å²) >= 11 is 0. The number of aliphatic hydroxyl groups is 1. The number of nitrogens with zero attached hydrogens (tertiary/aromatic N) is 2. The van der Waals surface area contributed by atoms with Gasteiger partial charge < -0.3 is 15.5 Å². The van der Waals surface area contributed by atoms with Gasteiger partial charge in [0.25, 0.3) is 5.91 Å². The zero-order valence-corrected chi connectivity index (χ0v) is 14.1. The highest BCUT2D eigenvalue weighted by atomic mass is 19.1. The summed E-state index contributed by atoms with van der Waals surface area (Å²) in [5, 5.41) is 26.6. The number of hydrogen-bond acceptors (Lipinski definition) is 4. The summed E-state index contributed by atoms with van der Waals surface area (Å²) in [6.45, 7) is 2.17. The number of hydrogen-bond donors (Lipinski definition) is 3. The number of aromatic nitrogens is 2. The lowest BCUT2D eigenvalue weighted by molar-refractivity contribution is 0.0868. The smallest absolute Gasteiger partial charge is 0.275 e. The van der Waals surface area contributed by atoms with Gasteiger partial charge in [-0.3, -0.25) is 4.79 Å². The van der Waals surface area contributed by atoms with E-state index in [1.54, 1.807) is 13.0 Å². The number of halogens is 1. The fraction of sp³-hybridized carbons (Fsp3) is 0.444. The second kappa shape index (κ2) is 7.23. The van der Waals surface area contributed by atoms with Crippen LogP contribution in [-0.2, 0) is 0 Å². The van der Waals surface area contributed by atoms with Crippen LogP contribution in [0.15, 0.2) is 24.4 Å². The first-order valence-corrected chi connectivity index (χ1v) is 8.45. The Bertz CT molecular complexity index is 775. The predicted molar refractivity (Wildman–Crippen MR) is 90.2 cm³/mol. The molecular weight excluding hydrogens is 325 g/mol. The Morgan fingerprint density at radius 1 is 1.44 bits per heavy atom. The molecule has 1 aromatic heterocycles. The molecule has 2 atom stereocenters. The zero-order chi connectivity index (χ0) is 18.0. The molecule has 1 amide bonds. The van der Waals surface area contributed by atoms with Crippen molar-refractivity contribution in [2.24, 2.45) is 5.92 Å². The van der Waals surface area contributed by atoms with E-state index < -0.39 is 5.91 Å². The molecule has 1 aliphatic rings. The fourth-order valence-electron chi connectivity index (χ4n) is 3.29. The average Bonchev–Trinajstić information content (AvgIpc) is 2.94. The summed E-state index contributed by atoms with van der Waals surface area (Å²) < 4.78 is 14.6. The standard InChI is InChI=1S/C18H22FN3O3/c1-11-7-13(19)5-6-15(11)22-10-16(24)17(21-22)18(25)20-9-12-3-2-4-14(23)8-12/h5-7,10,12,14,23-24H,2-4,8-9H2,1H3,(H,20,25). The van der Waals surface area contributed by atoms with E-state index >= 15 is 0 Å². The molecule has 1 fully saturated rings. The quantitative estimate of drug-likeness (QED) is 0.792. The van der Waals surface area contributed by atoms with Crippen molar-refractivity contribution in [1.82, 2.24) is 15.1 Å². The second-order valence-corrected chi connectivity index (χ2v) is 6.63. The molecule has 0 saturated heterocycles. The first-order chi connectivity index (χ1) is 11.9. The van der Waals surface area contributed by atoms with Crippen LogP contribution in [0.1, 0.15) is 41.7 Å². The predicted octanol–water partition coefficient (Wildman–Crippen LogP) is 2.31. The lowest BCUT2D eigenvalue weighted by Gasteiger charge is -2.25. The van der Waals surface area contributed by atoms with E-state index in [0.717, 1.165) is 19.3 Å². The van der Waals surface area contributed by atoms with E-state index in [9.17, 15) is 19.4 Å². The summed E-state index contributed by atoms with van der Waals surface area (Å²) in [7, 11) is 0. The fourth-order valence-corrected chi connectivity index (χ4v) is 3.29. The van der Waals surface area contributed by atoms with Crippen molar-refractivity contribution < 1.29 is 19.4 Å². The monoisotopic (exact) mass is 347 g/mol. The third-order valence-electron chi connectivity index (χ3n) is 4.62. The SMILES string of the molecule is Cc1cc(F)ccc1-n1cc(O)c(C(=O)NCC2CCCC(O)C2)n1. The Morgan fingerprint density at radius 2 is 2.24 bits per heavy atom. The van der Waals surface area contributed by atoms with E-state index in [2.05, 4.69) is 10.4 Å². The summed E-state index contributed by atoms with van der Waals surface area (Å²) in [5.74, 6) is -0.817. The van der Waals surface area contributed by atoms with Crippen molar-refractivity contribution in [1.29, 1.82) is 0 Å². The minimum absolute atomic E-state index is 0.0694. The van der Waals surface area contributed by atoms with E-state index in [1.807, 2.05) is 0 Å². The van der Waals surface area contributed by atoms with Gasteiger partial charge in [-0.05, 0) is 55.9 Å².